The maximum absolute atomic E-state index is 12.1. The molecule has 2 N–H and O–H groups in total. The van der Waals surface area contributed by atoms with E-state index in [-0.39, 0.29) is 30.3 Å². The van der Waals surface area contributed by atoms with Crippen LogP contribution >= 0.6 is 39.7 Å². The highest BCUT2D eigenvalue weighted by atomic mass is 79.9. The van der Waals surface area contributed by atoms with Crippen LogP contribution in [0.1, 0.15) is 24.6 Å². The lowest BCUT2D eigenvalue weighted by Crippen LogP contribution is -2.41. The Morgan fingerprint density at radius 1 is 1.53 bits per heavy atom. The van der Waals surface area contributed by atoms with Crippen molar-refractivity contribution >= 4 is 45.6 Å². The molecular formula is C11H18BrClN2OS. The van der Waals surface area contributed by atoms with Gasteiger partial charge in [-0.1, -0.05) is 0 Å². The first-order chi connectivity index (χ1) is 7.47. The molecule has 3 nitrogen and oxygen atoms in total. The van der Waals surface area contributed by atoms with Crippen LogP contribution in [0.5, 0.6) is 0 Å². The highest BCUT2D eigenvalue weighted by molar-refractivity contribution is 9.11. The lowest BCUT2D eigenvalue weighted by atomic mass is 10.1. The van der Waals surface area contributed by atoms with Crippen molar-refractivity contribution in [3.8, 4) is 0 Å². The maximum atomic E-state index is 12.1. The number of nitrogens with zero attached hydrogens (tertiary/aromatic N) is 1. The first-order valence-corrected chi connectivity index (χ1v) is 6.80. The Morgan fingerprint density at radius 3 is 2.53 bits per heavy atom. The molecule has 0 aliphatic carbocycles. The normalized spacial score (nSPS) is 13.7. The number of thiophene rings is 1. The van der Waals surface area contributed by atoms with Crippen LogP contribution in [-0.2, 0) is 4.79 Å². The molecule has 1 heterocycles. The van der Waals surface area contributed by atoms with Gasteiger partial charge < -0.3 is 10.6 Å². The van der Waals surface area contributed by atoms with Gasteiger partial charge in [0, 0.05) is 24.5 Å². The third kappa shape index (κ3) is 4.25. The summed E-state index contributed by atoms with van der Waals surface area (Å²) in [5.41, 5.74) is 5.55. The number of amides is 1. The maximum Gasteiger partial charge on any atom is 0.230 e. The number of hydrogen-bond acceptors (Lipinski definition) is 3. The smallest absolute Gasteiger partial charge is 0.230 e. The Labute approximate surface area is 121 Å². The molecule has 0 aromatic carbocycles. The number of carbonyl (C=O) groups excluding carboxylic acids is 1. The van der Waals surface area contributed by atoms with Gasteiger partial charge >= 0.3 is 0 Å². The summed E-state index contributed by atoms with van der Waals surface area (Å²) in [6.07, 6.45) is 0. The molecule has 1 aromatic heterocycles. The molecule has 1 aromatic rings. The molecule has 6 heteroatoms. The number of nitrogens with two attached hydrogens (primary N) is 1. The minimum atomic E-state index is -0.102. The fourth-order valence-electron chi connectivity index (χ4n) is 1.36. The summed E-state index contributed by atoms with van der Waals surface area (Å²) < 4.78 is 1.05. The summed E-state index contributed by atoms with van der Waals surface area (Å²) in [5, 5.41) is 0. The molecule has 17 heavy (non-hydrogen) atoms. The molecule has 1 amide bonds. The van der Waals surface area contributed by atoms with Gasteiger partial charge in [0.1, 0.15) is 0 Å². The van der Waals surface area contributed by atoms with Crippen molar-refractivity contribution in [2.75, 3.05) is 13.6 Å². The van der Waals surface area contributed by atoms with E-state index in [1.54, 1.807) is 23.3 Å². The second-order valence-electron chi connectivity index (χ2n) is 3.90. The number of halogens is 2. The van der Waals surface area contributed by atoms with E-state index in [1.807, 2.05) is 26.0 Å². The van der Waals surface area contributed by atoms with Gasteiger partial charge in [-0.3, -0.25) is 4.79 Å². The topological polar surface area (TPSA) is 46.3 Å². The van der Waals surface area contributed by atoms with Crippen molar-refractivity contribution in [3.05, 3.63) is 20.8 Å². The van der Waals surface area contributed by atoms with Crippen LogP contribution in [0.3, 0.4) is 0 Å². The number of likely N-dealkylation sites (N-methyl/N-ethyl adjacent to an activating group) is 1. The fraction of sp³-hybridized carbons (Fsp3) is 0.545. The zero-order valence-electron chi connectivity index (χ0n) is 10.1. The molecule has 0 bridgehead atoms. The van der Waals surface area contributed by atoms with Gasteiger partial charge in [0.15, 0.2) is 0 Å². The molecule has 0 radical (unpaired) electrons. The molecule has 2 unspecified atom stereocenters. The van der Waals surface area contributed by atoms with Crippen LogP contribution in [0.4, 0.5) is 0 Å². The van der Waals surface area contributed by atoms with Crippen molar-refractivity contribution in [2.24, 2.45) is 5.73 Å². The van der Waals surface area contributed by atoms with E-state index in [0.29, 0.717) is 6.54 Å². The quantitative estimate of drug-likeness (QED) is 0.915. The summed E-state index contributed by atoms with van der Waals surface area (Å²) >= 11 is 5.00. The summed E-state index contributed by atoms with van der Waals surface area (Å²) in [5.74, 6) is 0.0163. The molecule has 1 rings (SSSR count). The van der Waals surface area contributed by atoms with E-state index >= 15 is 0 Å². The van der Waals surface area contributed by atoms with Crippen molar-refractivity contribution in [1.82, 2.24) is 4.90 Å². The van der Waals surface area contributed by atoms with Crippen LogP contribution in [0, 0.1) is 0 Å². The van der Waals surface area contributed by atoms with E-state index in [2.05, 4.69) is 15.9 Å². The van der Waals surface area contributed by atoms with Crippen molar-refractivity contribution in [3.63, 3.8) is 0 Å². The van der Waals surface area contributed by atoms with Gasteiger partial charge in [-0.25, -0.2) is 0 Å². The van der Waals surface area contributed by atoms with E-state index in [0.717, 1.165) is 8.66 Å². The molecule has 0 aliphatic rings. The molecular weight excluding hydrogens is 324 g/mol. The monoisotopic (exact) mass is 340 g/mol. The third-order valence-corrected chi connectivity index (χ3v) is 4.55. The Bertz CT molecular complexity index is 372. The first-order valence-electron chi connectivity index (χ1n) is 5.19. The number of carbonyl (C=O) groups is 1. The standard InChI is InChI=1S/C11H17BrN2OS.ClH/c1-7(6-13)14(3)11(15)8(2)9-4-5-10(12)16-9;/h4-5,7-8H,6,13H2,1-3H3;1H. The predicted octanol–water partition coefficient (Wildman–Crippen LogP) is 2.84. The predicted molar refractivity (Wildman–Crippen MR) is 79.0 cm³/mol. The zero-order valence-corrected chi connectivity index (χ0v) is 13.4. The molecule has 0 spiro atoms. The van der Waals surface area contributed by atoms with Gasteiger partial charge in [-0.05, 0) is 41.9 Å². The van der Waals surface area contributed by atoms with Crippen LogP contribution in [0.25, 0.3) is 0 Å². The van der Waals surface area contributed by atoms with Crippen LogP contribution in [-0.4, -0.2) is 30.4 Å². The van der Waals surface area contributed by atoms with Gasteiger partial charge in [0.2, 0.25) is 5.91 Å². The third-order valence-electron chi connectivity index (χ3n) is 2.74. The van der Waals surface area contributed by atoms with Gasteiger partial charge in [-0.2, -0.15) is 0 Å². The Balaban J connectivity index is 0.00000256. The second kappa shape index (κ2) is 7.36. The summed E-state index contributed by atoms with van der Waals surface area (Å²) in [6, 6.07) is 4.03. The molecule has 0 aliphatic heterocycles. The molecule has 0 fully saturated rings. The summed E-state index contributed by atoms with van der Waals surface area (Å²) in [7, 11) is 1.80. The van der Waals surface area contributed by atoms with Gasteiger partial charge in [0.05, 0.1) is 9.70 Å². The minimum Gasteiger partial charge on any atom is -0.341 e. The Morgan fingerprint density at radius 2 is 2.12 bits per heavy atom. The lowest BCUT2D eigenvalue weighted by molar-refractivity contribution is -0.132. The molecule has 0 saturated heterocycles. The summed E-state index contributed by atoms with van der Waals surface area (Å²) in [4.78, 5) is 14.9. The van der Waals surface area contributed by atoms with E-state index in [9.17, 15) is 4.79 Å². The van der Waals surface area contributed by atoms with E-state index in [4.69, 9.17) is 5.73 Å². The van der Waals surface area contributed by atoms with Gasteiger partial charge in [0.25, 0.3) is 0 Å². The Hall–Kier alpha value is -0.100. The fourth-order valence-corrected chi connectivity index (χ4v) is 2.83. The lowest BCUT2D eigenvalue weighted by Gasteiger charge is -2.26. The van der Waals surface area contributed by atoms with Crippen LogP contribution < -0.4 is 5.73 Å². The van der Waals surface area contributed by atoms with Gasteiger partial charge in [-0.15, -0.1) is 23.7 Å². The molecule has 2 atom stereocenters. The second-order valence-corrected chi connectivity index (χ2v) is 6.39. The average molecular weight is 342 g/mol. The zero-order chi connectivity index (χ0) is 12.3. The van der Waals surface area contributed by atoms with E-state index in [1.165, 1.54) is 0 Å². The van der Waals surface area contributed by atoms with E-state index < -0.39 is 0 Å². The van der Waals surface area contributed by atoms with Crippen molar-refractivity contribution in [2.45, 2.75) is 25.8 Å². The molecule has 0 saturated carbocycles. The number of rotatable bonds is 4. The summed E-state index contributed by atoms with van der Waals surface area (Å²) in [6.45, 7) is 4.37. The van der Waals surface area contributed by atoms with Crippen molar-refractivity contribution in [1.29, 1.82) is 0 Å². The largest absolute Gasteiger partial charge is 0.341 e. The van der Waals surface area contributed by atoms with Crippen LogP contribution in [0.15, 0.2) is 15.9 Å². The highest BCUT2D eigenvalue weighted by Crippen LogP contribution is 2.29. The molecule has 98 valence electrons. The minimum absolute atomic E-state index is 0. The Kier molecular flexibility index (Phi) is 7.32. The number of hydrogen-bond donors (Lipinski definition) is 1. The average Bonchev–Trinajstić information content (AvgIpc) is 2.71. The van der Waals surface area contributed by atoms with Crippen LogP contribution in [0.2, 0.25) is 0 Å². The highest BCUT2D eigenvalue weighted by Gasteiger charge is 2.23. The first kappa shape index (κ1) is 16.9. The SMILES string of the molecule is CC(C(=O)N(C)C(C)CN)c1ccc(Br)s1.Cl. The van der Waals surface area contributed by atoms with Crippen molar-refractivity contribution < 1.29 is 4.79 Å².